The molecular weight excluding hydrogens is 320 g/mol. The Hall–Kier alpha value is -3.33. The second-order valence-electron chi connectivity index (χ2n) is 5.25. The monoisotopic (exact) mass is 338 g/mol. The zero-order valence-corrected chi connectivity index (χ0v) is 13.8. The van der Waals surface area contributed by atoms with E-state index in [1.165, 1.54) is 6.07 Å². The smallest absolute Gasteiger partial charge is 0.407 e. The maximum absolute atomic E-state index is 11.6. The Morgan fingerprint density at radius 1 is 1.20 bits per heavy atom. The fraction of sp³-hybridized carbons (Fsp3) is 0.211. The molecule has 0 heterocycles. The first-order valence-corrected chi connectivity index (χ1v) is 7.75. The van der Waals surface area contributed by atoms with Gasteiger partial charge >= 0.3 is 6.09 Å². The number of benzene rings is 2. The number of nitro groups is 1. The summed E-state index contributed by atoms with van der Waals surface area (Å²) >= 11 is 0. The summed E-state index contributed by atoms with van der Waals surface area (Å²) < 4.78 is 5.08. The fourth-order valence-electron chi connectivity index (χ4n) is 2.12. The van der Waals surface area contributed by atoms with E-state index in [2.05, 4.69) is 17.2 Å². The average molecular weight is 338 g/mol. The van der Waals surface area contributed by atoms with Crippen LogP contribution >= 0.6 is 0 Å². The van der Waals surface area contributed by atoms with Gasteiger partial charge in [0, 0.05) is 30.2 Å². The number of hydrogen-bond acceptors (Lipinski definition) is 4. The van der Waals surface area contributed by atoms with Gasteiger partial charge in [-0.15, -0.1) is 0 Å². The molecule has 0 bridgehead atoms. The number of amides is 1. The van der Waals surface area contributed by atoms with E-state index in [1.54, 1.807) is 19.1 Å². The van der Waals surface area contributed by atoms with E-state index >= 15 is 0 Å². The van der Waals surface area contributed by atoms with Crippen LogP contribution < -0.4 is 5.32 Å². The summed E-state index contributed by atoms with van der Waals surface area (Å²) in [7, 11) is 0. The van der Waals surface area contributed by atoms with Gasteiger partial charge in [-0.3, -0.25) is 10.1 Å². The third-order valence-corrected chi connectivity index (χ3v) is 3.46. The molecule has 0 fully saturated rings. The molecular formula is C19H18N2O4. The van der Waals surface area contributed by atoms with Crippen molar-refractivity contribution < 1.29 is 14.5 Å². The molecule has 0 aliphatic rings. The van der Waals surface area contributed by atoms with Gasteiger partial charge in [0.2, 0.25) is 0 Å². The molecule has 0 aliphatic carbocycles. The molecule has 6 nitrogen and oxygen atoms in total. The first kappa shape index (κ1) is 18.0. The lowest BCUT2D eigenvalue weighted by atomic mass is 10.1. The van der Waals surface area contributed by atoms with Crippen molar-refractivity contribution in [2.75, 3.05) is 6.54 Å². The van der Waals surface area contributed by atoms with Crippen molar-refractivity contribution in [2.24, 2.45) is 0 Å². The Balaban J connectivity index is 1.76. The van der Waals surface area contributed by atoms with E-state index in [1.807, 2.05) is 30.3 Å². The van der Waals surface area contributed by atoms with Gasteiger partial charge < -0.3 is 10.1 Å². The first-order chi connectivity index (χ1) is 12.1. The molecule has 0 aromatic heterocycles. The molecule has 6 heteroatoms. The van der Waals surface area contributed by atoms with Crippen molar-refractivity contribution in [3.8, 4) is 11.8 Å². The minimum Gasteiger partial charge on any atom is -0.445 e. The molecule has 1 N–H and O–H groups in total. The van der Waals surface area contributed by atoms with Gasteiger partial charge in [0.25, 0.3) is 5.69 Å². The van der Waals surface area contributed by atoms with Crippen LogP contribution in [0.2, 0.25) is 0 Å². The molecule has 0 unspecified atom stereocenters. The van der Waals surface area contributed by atoms with E-state index in [0.29, 0.717) is 24.1 Å². The van der Waals surface area contributed by atoms with Crippen LogP contribution in [0.1, 0.15) is 23.1 Å². The molecule has 2 aromatic rings. The van der Waals surface area contributed by atoms with Crippen LogP contribution in [0.25, 0.3) is 0 Å². The number of hydrogen-bond donors (Lipinski definition) is 1. The van der Waals surface area contributed by atoms with Crippen LogP contribution in [0.4, 0.5) is 10.5 Å². The lowest BCUT2D eigenvalue weighted by Gasteiger charge is -2.05. The maximum Gasteiger partial charge on any atom is 0.407 e. The molecule has 2 rings (SSSR count). The van der Waals surface area contributed by atoms with E-state index in [9.17, 15) is 14.9 Å². The van der Waals surface area contributed by atoms with Crippen LogP contribution in [0, 0.1) is 28.9 Å². The second kappa shape index (κ2) is 9.08. The van der Waals surface area contributed by atoms with Gasteiger partial charge in [-0.1, -0.05) is 48.2 Å². The van der Waals surface area contributed by atoms with Crippen LogP contribution in [0.5, 0.6) is 0 Å². The zero-order chi connectivity index (χ0) is 18.1. The normalized spacial score (nSPS) is 9.64. The Bertz CT molecular complexity index is 807. The summed E-state index contributed by atoms with van der Waals surface area (Å²) in [5.74, 6) is 5.79. The Labute approximate surface area is 146 Å². The van der Waals surface area contributed by atoms with Crippen molar-refractivity contribution in [2.45, 2.75) is 20.0 Å². The topological polar surface area (TPSA) is 81.5 Å². The highest BCUT2D eigenvalue weighted by Crippen LogP contribution is 2.20. The maximum atomic E-state index is 11.6. The molecule has 0 saturated heterocycles. The van der Waals surface area contributed by atoms with Gasteiger partial charge in [0.15, 0.2) is 0 Å². The Morgan fingerprint density at radius 2 is 1.96 bits per heavy atom. The number of alkyl carbamates (subject to hydrolysis) is 1. The fourth-order valence-corrected chi connectivity index (χ4v) is 2.12. The third kappa shape index (κ3) is 5.66. The molecule has 2 aromatic carbocycles. The van der Waals surface area contributed by atoms with E-state index in [-0.39, 0.29) is 12.3 Å². The number of nitrogens with one attached hydrogen (secondary N) is 1. The number of nitrogens with zero attached hydrogens (tertiary/aromatic N) is 1. The Morgan fingerprint density at radius 3 is 2.68 bits per heavy atom. The van der Waals surface area contributed by atoms with Gasteiger partial charge in [-0.25, -0.2) is 4.79 Å². The minimum absolute atomic E-state index is 0.0504. The Kier molecular flexibility index (Phi) is 6.55. The molecule has 25 heavy (non-hydrogen) atoms. The first-order valence-electron chi connectivity index (χ1n) is 7.75. The molecule has 0 spiro atoms. The van der Waals surface area contributed by atoms with Crippen LogP contribution in [-0.4, -0.2) is 17.6 Å². The molecule has 0 aliphatic heterocycles. The molecule has 1 amide bonds. The highest BCUT2D eigenvalue weighted by molar-refractivity contribution is 5.67. The summed E-state index contributed by atoms with van der Waals surface area (Å²) in [6, 6.07) is 14.2. The summed E-state index contributed by atoms with van der Waals surface area (Å²) in [6.07, 6.45) is -0.0834. The number of nitro benzene ring substituents is 1. The predicted molar refractivity (Wildman–Crippen MR) is 94.0 cm³/mol. The van der Waals surface area contributed by atoms with Crippen molar-refractivity contribution in [3.63, 3.8) is 0 Å². The SMILES string of the molecule is Cc1c(C#CCCNC(=O)OCc2ccccc2)cccc1[N+](=O)[O-]. The van der Waals surface area contributed by atoms with E-state index in [0.717, 1.165) is 5.56 Å². The van der Waals surface area contributed by atoms with Crippen molar-refractivity contribution in [3.05, 3.63) is 75.3 Å². The van der Waals surface area contributed by atoms with E-state index in [4.69, 9.17) is 4.74 Å². The van der Waals surface area contributed by atoms with Gasteiger partial charge in [-0.05, 0) is 18.6 Å². The number of carbonyl (C=O) groups is 1. The quantitative estimate of drug-likeness (QED) is 0.391. The average Bonchev–Trinajstić information content (AvgIpc) is 2.61. The van der Waals surface area contributed by atoms with Crippen LogP contribution in [0.3, 0.4) is 0 Å². The van der Waals surface area contributed by atoms with Crippen molar-refractivity contribution in [1.82, 2.24) is 5.32 Å². The molecule has 0 atom stereocenters. The standard InChI is InChI=1S/C19H18N2O4/c1-15-17(11-7-12-18(15)21(23)24)10-5-6-13-20-19(22)25-14-16-8-3-2-4-9-16/h2-4,7-9,11-12H,6,13-14H2,1H3,(H,20,22). The van der Waals surface area contributed by atoms with Gasteiger partial charge in [-0.2, -0.15) is 0 Å². The molecule has 0 saturated carbocycles. The largest absolute Gasteiger partial charge is 0.445 e. The number of carbonyl (C=O) groups excluding carboxylic acids is 1. The van der Waals surface area contributed by atoms with Crippen LogP contribution in [-0.2, 0) is 11.3 Å². The minimum atomic E-state index is -0.503. The summed E-state index contributed by atoms with van der Waals surface area (Å²) in [6.45, 7) is 2.22. The highest BCUT2D eigenvalue weighted by atomic mass is 16.6. The predicted octanol–water partition coefficient (Wildman–Crippen LogP) is 3.57. The lowest BCUT2D eigenvalue weighted by Crippen LogP contribution is -2.24. The summed E-state index contributed by atoms with van der Waals surface area (Å²) in [5.41, 5.74) is 2.11. The zero-order valence-electron chi connectivity index (χ0n) is 13.8. The van der Waals surface area contributed by atoms with Crippen molar-refractivity contribution >= 4 is 11.8 Å². The van der Waals surface area contributed by atoms with Crippen molar-refractivity contribution in [1.29, 1.82) is 0 Å². The molecule has 0 radical (unpaired) electrons. The third-order valence-electron chi connectivity index (χ3n) is 3.46. The summed E-state index contributed by atoms with van der Waals surface area (Å²) in [5, 5.41) is 13.5. The number of rotatable bonds is 5. The second-order valence-corrected chi connectivity index (χ2v) is 5.25. The van der Waals surface area contributed by atoms with E-state index < -0.39 is 11.0 Å². The summed E-state index contributed by atoms with van der Waals surface area (Å²) in [4.78, 5) is 22.0. The lowest BCUT2D eigenvalue weighted by molar-refractivity contribution is -0.385. The highest BCUT2D eigenvalue weighted by Gasteiger charge is 2.11. The van der Waals surface area contributed by atoms with Gasteiger partial charge in [0.1, 0.15) is 6.61 Å². The molecule has 128 valence electrons. The van der Waals surface area contributed by atoms with Gasteiger partial charge in [0.05, 0.1) is 4.92 Å². The van der Waals surface area contributed by atoms with Crippen LogP contribution in [0.15, 0.2) is 48.5 Å². The number of ether oxygens (including phenoxy) is 1.